The van der Waals surface area contributed by atoms with Gasteiger partial charge in [-0.3, -0.25) is 0 Å². The molecule has 0 saturated carbocycles. The molecule has 0 radical (unpaired) electrons. The SMILES string of the molecule is CC(C)n1cnnc1-c1cc(Cl)ccc1F. The van der Waals surface area contributed by atoms with Crippen molar-refractivity contribution in [1.82, 2.24) is 14.8 Å². The third-order valence-electron chi connectivity index (χ3n) is 2.30. The molecule has 1 aromatic carbocycles. The van der Waals surface area contributed by atoms with Crippen molar-refractivity contribution in [2.24, 2.45) is 0 Å². The fraction of sp³-hybridized carbons (Fsp3) is 0.273. The second kappa shape index (κ2) is 4.22. The molecule has 16 heavy (non-hydrogen) atoms. The van der Waals surface area contributed by atoms with E-state index in [2.05, 4.69) is 10.2 Å². The van der Waals surface area contributed by atoms with Crippen LogP contribution in [0.25, 0.3) is 11.4 Å². The predicted molar refractivity (Wildman–Crippen MR) is 60.8 cm³/mol. The molecular weight excluding hydrogens is 229 g/mol. The number of hydrogen-bond acceptors (Lipinski definition) is 2. The molecule has 2 rings (SSSR count). The molecule has 0 atom stereocenters. The molecule has 0 saturated heterocycles. The summed E-state index contributed by atoms with van der Waals surface area (Å²) in [6.45, 7) is 3.96. The van der Waals surface area contributed by atoms with Gasteiger partial charge in [0, 0.05) is 11.1 Å². The zero-order valence-electron chi connectivity index (χ0n) is 8.98. The van der Waals surface area contributed by atoms with Crippen molar-refractivity contribution in [3.05, 3.63) is 35.4 Å². The summed E-state index contributed by atoms with van der Waals surface area (Å²) in [5, 5.41) is 8.20. The van der Waals surface area contributed by atoms with Crippen LogP contribution in [0, 0.1) is 5.82 Å². The lowest BCUT2D eigenvalue weighted by molar-refractivity contribution is 0.594. The maximum Gasteiger partial charge on any atom is 0.167 e. The molecule has 5 heteroatoms. The summed E-state index contributed by atoms with van der Waals surface area (Å²) < 4.78 is 15.4. The van der Waals surface area contributed by atoms with Crippen LogP contribution in [0.4, 0.5) is 4.39 Å². The summed E-state index contributed by atoms with van der Waals surface area (Å²) in [5.74, 6) is 0.148. The van der Waals surface area contributed by atoms with Gasteiger partial charge in [-0.15, -0.1) is 10.2 Å². The summed E-state index contributed by atoms with van der Waals surface area (Å²) in [6.07, 6.45) is 1.58. The Balaban J connectivity index is 2.58. The molecule has 0 amide bonds. The minimum Gasteiger partial charge on any atom is -0.311 e. The van der Waals surface area contributed by atoms with E-state index >= 15 is 0 Å². The summed E-state index contributed by atoms with van der Waals surface area (Å²) in [4.78, 5) is 0. The van der Waals surface area contributed by atoms with E-state index in [4.69, 9.17) is 11.6 Å². The van der Waals surface area contributed by atoms with Gasteiger partial charge in [-0.2, -0.15) is 0 Å². The van der Waals surface area contributed by atoms with Crippen LogP contribution in [0.3, 0.4) is 0 Å². The molecule has 1 heterocycles. The van der Waals surface area contributed by atoms with Crippen LogP contribution >= 0.6 is 11.6 Å². The molecule has 0 fully saturated rings. The first-order chi connectivity index (χ1) is 7.59. The van der Waals surface area contributed by atoms with Gasteiger partial charge in [0.15, 0.2) is 5.82 Å². The maximum absolute atomic E-state index is 13.6. The highest BCUT2D eigenvalue weighted by atomic mass is 35.5. The Bertz CT molecular complexity index is 508. The van der Waals surface area contributed by atoms with E-state index in [9.17, 15) is 4.39 Å². The van der Waals surface area contributed by atoms with Gasteiger partial charge in [-0.05, 0) is 32.0 Å². The van der Waals surface area contributed by atoms with Gasteiger partial charge in [0.05, 0.1) is 5.56 Å². The standard InChI is InChI=1S/C11H11ClFN3/c1-7(2)16-6-14-15-11(16)9-5-8(12)3-4-10(9)13/h3-7H,1-2H3. The van der Waals surface area contributed by atoms with Gasteiger partial charge in [0.1, 0.15) is 12.1 Å². The quantitative estimate of drug-likeness (QED) is 0.805. The molecule has 84 valence electrons. The average molecular weight is 240 g/mol. The molecule has 0 unspecified atom stereocenters. The highest BCUT2D eigenvalue weighted by molar-refractivity contribution is 6.30. The first-order valence-corrected chi connectivity index (χ1v) is 5.32. The number of aromatic nitrogens is 3. The molecule has 0 aliphatic carbocycles. The Morgan fingerprint density at radius 2 is 2.12 bits per heavy atom. The van der Waals surface area contributed by atoms with Gasteiger partial charge in [0.25, 0.3) is 0 Å². The first-order valence-electron chi connectivity index (χ1n) is 4.94. The Kier molecular flexibility index (Phi) is 2.92. The third-order valence-corrected chi connectivity index (χ3v) is 2.53. The van der Waals surface area contributed by atoms with Crippen LogP contribution in [0.1, 0.15) is 19.9 Å². The number of halogens is 2. The van der Waals surface area contributed by atoms with Gasteiger partial charge in [0.2, 0.25) is 0 Å². The minimum absolute atomic E-state index is 0.170. The van der Waals surface area contributed by atoms with E-state index in [1.54, 1.807) is 17.0 Å². The van der Waals surface area contributed by atoms with E-state index in [-0.39, 0.29) is 11.9 Å². The molecule has 0 aliphatic rings. The monoisotopic (exact) mass is 239 g/mol. The maximum atomic E-state index is 13.6. The van der Waals surface area contributed by atoms with Crippen molar-refractivity contribution in [3.8, 4) is 11.4 Å². The van der Waals surface area contributed by atoms with E-state index in [0.29, 0.717) is 16.4 Å². The van der Waals surface area contributed by atoms with Gasteiger partial charge in [-0.25, -0.2) is 4.39 Å². The van der Waals surface area contributed by atoms with Crippen molar-refractivity contribution >= 4 is 11.6 Å². The van der Waals surface area contributed by atoms with Gasteiger partial charge in [-0.1, -0.05) is 11.6 Å². The number of nitrogens with zero attached hydrogens (tertiary/aromatic N) is 3. The molecule has 0 bridgehead atoms. The molecule has 2 aromatic rings. The fourth-order valence-corrected chi connectivity index (χ4v) is 1.65. The van der Waals surface area contributed by atoms with Crippen LogP contribution in [0.2, 0.25) is 5.02 Å². The van der Waals surface area contributed by atoms with Crippen molar-refractivity contribution < 1.29 is 4.39 Å². The molecule has 3 nitrogen and oxygen atoms in total. The first kappa shape index (κ1) is 11.1. The molecular formula is C11H11ClFN3. The van der Waals surface area contributed by atoms with Crippen LogP contribution in [0.15, 0.2) is 24.5 Å². The minimum atomic E-state index is -0.348. The van der Waals surface area contributed by atoms with E-state index < -0.39 is 0 Å². The summed E-state index contributed by atoms with van der Waals surface area (Å²) >= 11 is 5.84. The highest BCUT2D eigenvalue weighted by Gasteiger charge is 2.14. The van der Waals surface area contributed by atoms with E-state index in [1.807, 2.05) is 13.8 Å². The normalized spacial score (nSPS) is 11.1. The zero-order valence-corrected chi connectivity index (χ0v) is 9.74. The molecule has 0 aliphatic heterocycles. The lowest BCUT2D eigenvalue weighted by Gasteiger charge is -2.10. The lowest BCUT2D eigenvalue weighted by atomic mass is 10.2. The Labute approximate surface area is 97.9 Å². The van der Waals surface area contributed by atoms with Gasteiger partial charge < -0.3 is 4.57 Å². The molecule has 0 spiro atoms. The second-order valence-corrected chi connectivity index (χ2v) is 4.22. The molecule has 0 N–H and O–H groups in total. The largest absolute Gasteiger partial charge is 0.311 e. The van der Waals surface area contributed by atoms with Crippen molar-refractivity contribution in [2.75, 3.05) is 0 Å². The predicted octanol–water partition coefficient (Wildman–Crippen LogP) is 3.32. The summed E-state index contributed by atoms with van der Waals surface area (Å²) in [6, 6.07) is 4.57. The Morgan fingerprint density at radius 1 is 1.38 bits per heavy atom. The summed E-state index contributed by atoms with van der Waals surface area (Å²) in [5.41, 5.74) is 0.374. The van der Waals surface area contributed by atoms with Crippen molar-refractivity contribution in [3.63, 3.8) is 0 Å². The van der Waals surface area contributed by atoms with Crippen LogP contribution in [-0.4, -0.2) is 14.8 Å². The van der Waals surface area contributed by atoms with Crippen molar-refractivity contribution in [1.29, 1.82) is 0 Å². The Hall–Kier alpha value is -1.42. The van der Waals surface area contributed by atoms with Crippen LogP contribution < -0.4 is 0 Å². The third kappa shape index (κ3) is 1.93. The number of benzene rings is 1. The topological polar surface area (TPSA) is 30.7 Å². The second-order valence-electron chi connectivity index (χ2n) is 3.78. The number of hydrogen-bond donors (Lipinski definition) is 0. The number of rotatable bonds is 2. The lowest BCUT2D eigenvalue weighted by Crippen LogP contribution is -2.02. The van der Waals surface area contributed by atoms with Crippen LogP contribution in [-0.2, 0) is 0 Å². The Morgan fingerprint density at radius 3 is 2.81 bits per heavy atom. The summed E-state index contributed by atoms with van der Waals surface area (Å²) in [7, 11) is 0. The van der Waals surface area contributed by atoms with E-state index in [1.165, 1.54) is 12.1 Å². The highest BCUT2D eigenvalue weighted by Crippen LogP contribution is 2.25. The van der Waals surface area contributed by atoms with Gasteiger partial charge >= 0.3 is 0 Å². The average Bonchev–Trinajstić information content (AvgIpc) is 2.70. The van der Waals surface area contributed by atoms with E-state index in [0.717, 1.165) is 0 Å². The zero-order chi connectivity index (χ0) is 11.7. The smallest absolute Gasteiger partial charge is 0.167 e. The van der Waals surface area contributed by atoms with Crippen LogP contribution in [0.5, 0.6) is 0 Å². The fourth-order valence-electron chi connectivity index (χ4n) is 1.48. The van der Waals surface area contributed by atoms with Crippen molar-refractivity contribution in [2.45, 2.75) is 19.9 Å². The molecule has 1 aromatic heterocycles.